The number of pyridine rings is 1. The molecule has 5 nitrogen and oxygen atoms in total. The van der Waals surface area contributed by atoms with E-state index in [1.165, 1.54) is 48.4 Å². The first-order valence-electron chi connectivity index (χ1n) is 9.77. The Morgan fingerprint density at radius 2 is 2.04 bits per heavy atom. The summed E-state index contributed by atoms with van der Waals surface area (Å²) in [6, 6.07) is 11.0. The Labute approximate surface area is 154 Å². The zero-order chi connectivity index (χ0) is 17.5. The highest BCUT2D eigenvalue weighted by Crippen LogP contribution is 2.29. The molecule has 5 rings (SSSR count). The van der Waals surface area contributed by atoms with Gasteiger partial charge in [-0.05, 0) is 56.5 Å². The highest BCUT2D eigenvalue weighted by Gasteiger charge is 2.28. The second kappa shape index (κ2) is 6.47. The molecule has 0 amide bonds. The van der Waals surface area contributed by atoms with Gasteiger partial charge in [0.05, 0.1) is 5.52 Å². The van der Waals surface area contributed by atoms with Gasteiger partial charge in [-0.2, -0.15) is 0 Å². The van der Waals surface area contributed by atoms with Gasteiger partial charge < -0.3 is 4.57 Å². The van der Waals surface area contributed by atoms with Crippen LogP contribution in [0.1, 0.15) is 48.1 Å². The van der Waals surface area contributed by atoms with Gasteiger partial charge in [0, 0.05) is 43.1 Å². The largest absolute Gasteiger partial charge is 0.315 e. The number of nitrogens with zero attached hydrogens (tertiary/aromatic N) is 5. The van der Waals surface area contributed by atoms with Gasteiger partial charge in [-0.1, -0.05) is 12.1 Å². The highest BCUT2D eigenvalue weighted by atomic mass is 15.3. The van der Waals surface area contributed by atoms with Gasteiger partial charge >= 0.3 is 0 Å². The molecule has 0 aliphatic carbocycles. The van der Waals surface area contributed by atoms with E-state index in [-0.39, 0.29) is 0 Å². The van der Waals surface area contributed by atoms with Crippen LogP contribution in [0.5, 0.6) is 0 Å². The van der Waals surface area contributed by atoms with E-state index in [4.69, 9.17) is 0 Å². The molecule has 26 heavy (non-hydrogen) atoms. The Morgan fingerprint density at radius 1 is 1.08 bits per heavy atom. The van der Waals surface area contributed by atoms with Crippen molar-refractivity contribution in [3.63, 3.8) is 0 Å². The number of benzene rings is 1. The molecular weight excluding hydrogens is 322 g/mol. The van der Waals surface area contributed by atoms with Crippen LogP contribution in [0, 0.1) is 6.92 Å². The fraction of sp³-hybridized carbons (Fsp3) is 0.476. The van der Waals surface area contributed by atoms with Crippen LogP contribution in [0.4, 0.5) is 0 Å². The molecule has 0 spiro atoms. The average molecular weight is 347 g/mol. The number of aromatic nitrogens is 4. The predicted octanol–water partition coefficient (Wildman–Crippen LogP) is 3.46. The zero-order valence-electron chi connectivity index (χ0n) is 15.4. The average Bonchev–Trinajstić information content (AvgIpc) is 3.26. The lowest BCUT2D eigenvalue weighted by Crippen LogP contribution is -2.34. The monoisotopic (exact) mass is 347 g/mol. The minimum Gasteiger partial charge on any atom is -0.315 e. The second-order valence-corrected chi connectivity index (χ2v) is 7.78. The number of rotatable bonds is 3. The van der Waals surface area contributed by atoms with Crippen LogP contribution in [0.25, 0.3) is 10.9 Å². The van der Waals surface area contributed by atoms with E-state index in [9.17, 15) is 0 Å². The van der Waals surface area contributed by atoms with Crippen LogP contribution in [0.2, 0.25) is 0 Å². The van der Waals surface area contributed by atoms with E-state index >= 15 is 0 Å². The summed E-state index contributed by atoms with van der Waals surface area (Å²) >= 11 is 0. The number of hydrogen-bond donors (Lipinski definition) is 0. The van der Waals surface area contributed by atoms with E-state index < -0.39 is 0 Å². The van der Waals surface area contributed by atoms with E-state index in [1.54, 1.807) is 0 Å². The summed E-state index contributed by atoms with van der Waals surface area (Å²) < 4.78 is 2.37. The Kier molecular flexibility index (Phi) is 3.97. The maximum absolute atomic E-state index is 4.61. The Morgan fingerprint density at radius 3 is 3.00 bits per heavy atom. The number of piperidine rings is 1. The van der Waals surface area contributed by atoms with Gasteiger partial charge in [0.25, 0.3) is 0 Å². The van der Waals surface area contributed by atoms with Crippen molar-refractivity contribution >= 4 is 10.9 Å². The van der Waals surface area contributed by atoms with Gasteiger partial charge in [0.15, 0.2) is 0 Å². The van der Waals surface area contributed by atoms with Crippen LogP contribution in [0.3, 0.4) is 0 Å². The highest BCUT2D eigenvalue weighted by molar-refractivity contribution is 5.79. The van der Waals surface area contributed by atoms with Crippen molar-refractivity contribution in [3.05, 3.63) is 53.2 Å². The lowest BCUT2D eigenvalue weighted by atomic mass is 9.96. The van der Waals surface area contributed by atoms with E-state index in [2.05, 4.69) is 55.0 Å². The normalized spacial score (nSPS) is 20.6. The molecule has 134 valence electrons. The van der Waals surface area contributed by atoms with Crippen LogP contribution in [0.15, 0.2) is 30.3 Å². The quantitative estimate of drug-likeness (QED) is 0.728. The van der Waals surface area contributed by atoms with Crippen LogP contribution < -0.4 is 0 Å². The summed E-state index contributed by atoms with van der Waals surface area (Å²) in [6.07, 6.45) is 4.78. The van der Waals surface area contributed by atoms with E-state index in [1.807, 2.05) is 6.92 Å². The Balaban J connectivity index is 1.33. The third-order valence-electron chi connectivity index (χ3n) is 5.81. The Bertz CT molecular complexity index is 945. The fourth-order valence-electron chi connectivity index (χ4n) is 4.52. The molecule has 1 saturated heterocycles. The number of aryl methyl sites for hydroxylation is 2. The molecule has 2 aliphatic heterocycles. The molecule has 2 aliphatic rings. The standard InChI is InChI=1S/C21H25N5/c1-15-6-8-17-12-16(7-9-19(17)22-15)13-25-10-2-4-18(14-25)21-24-23-20-5-3-11-26(20)21/h6-9,12,18H,2-5,10-11,13-14H2,1H3. The third kappa shape index (κ3) is 2.90. The first-order valence-corrected chi connectivity index (χ1v) is 9.77. The van der Waals surface area contributed by atoms with Crippen molar-refractivity contribution < 1.29 is 0 Å². The Hall–Kier alpha value is -2.27. The SMILES string of the molecule is Cc1ccc2cc(CN3CCCC(c4nnc5n4CCC5)C3)ccc2n1. The summed E-state index contributed by atoms with van der Waals surface area (Å²) in [5.41, 5.74) is 3.53. The minimum absolute atomic E-state index is 0.521. The molecule has 0 bridgehead atoms. The molecule has 4 heterocycles. The van der Waals surface area contributed by atoms with Gasteiger partial charge in [-0.3, -0.25) is 9.88 Å². The molecule has 1 unspecified atom stereocenters. The lowest BCUT2D eigenvalue weighted by molar-refractivity contribution is 0.194. The molecule has 1 fully saturated rings. The topological polar surface area (TPSA) is 46.8 Å². The number of likely N-dealkylation sites (tertiary alicyclic amines) is 1. The van der Waals surface area contributed by atoms with Gasteiger partial charge in [-0.15, -0.1) is 10.2 Å². The van der Waals surface area contributed by atoms with Gasteiger partial charge in [-0.25, -0.2) is 0 Å². The summed E-state index contributed by atoms with van der Waals surface area (Å²) in [6.45, 7) is 6.40. The lowest BCUT2D eigenvalue weighted by Gasteiger charge is -2.32. The van der Waals surface area contributed by atoms with Crippen LogP contribution in [-0.4, -0.2) is 37.7 Å². The zero-order valence-corrected chi connectivity index (χ0v) is 15.4. The van der Waals surface area contributed by atoms with Crippen molar-refractivity contribution in [2.45, 2.75) is 51.6 Å². The molecular formula is C21H25N5. The molecule has 5 heteroatoms. The summed E-state index contributed by atoms with van der Waals surface area (Å²) in [5.74, 6) is 2.93. The van der Waals surface area contributed by atoms with Crippen molar-refractivity contribution in [2.75, 3.05) is 13.1 Å². The number of fused-ring (bicyclic) bond motifs is 2. The van der Waals surface area contributed by atoms with Crippen LogP contribution >= 0.6 is 0 Å². The molecule has 1 atom stereocenters. The summed E-state index contributed by atoms with van der Waals surface area (Å²) in [5, 5.41) is 10.2. The molecule has 2 aromatic heterocycles. The van der Waals surface area contributed by atoms with Crippen molar-refractivity contribution in [3.8, 4) is 0 Å². The molecule has 0 saturated carbocycles. The number of hydrogen-bond acceptors (Lipinski definition) is 4. The van der Waals surface area contributed by atoms with Gasteiger partial charge in [0.2, 0.25) is 0 Å². The minimum atomic E-state index is 0.521. The first-order chi connectivity index (χ1) is 12.8. The summed E-state index contributed by atoms with van der Waals surface area (Å²) in [7, 11) is 0. The van der Waals surface area contributed by atoms with Crippen molar-refractivity contribution in [1.82, 2.24) is 24.6 Å². The fourth-order valence-corrected chi connectivity index (χ4v) is 4.52. The second-order valence-electron chi connectivity index (χ2n) is 7.78. The smallest absolute Gasteiger partial charge is 0.137 e. The van der Waals surface area contributed by atoms with E-state index in [0.29, 0.717) is 5.92 Å². The molecule has 3 aromatic rings. The van der Waals surface area contributed by atoms with Gasteiger partial charge in [0.1, 0.15) is 11.6 Å². The molecule has 0 radical (unpaired) electrons. The maximum Gasteiger partial charge on any atom is 0.137 e. The van der Waals surface area contributed by atoms with Crippen molar-refractivity contribution in [2.24, 2.45) is 0 Å². The first kappa shape index (κ1) is 15.9. The van der Waals surface area contributed by atoms with E-state index in [0.717, 1.165) is 37.3 Å². The maximum atomic E-state index is 4.61. The summed E-state index contributed by atoms with van der Waals surface area (Å²) in [4.78, 5) is 7.19. The predicted molar refractivity (Wildman–Crippen MR) is 102 cm³/mol. The third-order valence-corrected chi connectivity index (χ3v) is 5.81. The molecule has 0 N–H and O–H groups in total. The van der Waals surface area contributed by atoms with Crippen molar-refractivity contribution in [1.29, 1.82) is 0 Å². The molecule has 1 aromatic carbocycles. The van der Waals surface area contributed by atoms with Crippen LogP contribution in [-0.2, 0) is 19.5 Å².